The van der Waals surface area contributed by atoms with E-state index in [2.05, 4.69) is 10.1 Å². The quantitative estimate of drug-likeness (QED) is 0.888. The van der Waals surface area contributed by atoms with Crippen LogP contribution in [-0.2, 0) is 5.54 Å². The number of nitrogens with zero attached hydrogens (tertiary/aromatic N) is 2. The molecule has 1 fully saturated rings. The second kappa shape index (κ2) is 7.68. The smallest absolute Gasteiger partial charge is 0.250 e. The van der Waals surface area contributed by atoms with Crippen molar-refractivity contribution in [3.05, 3.63) is 35.5 Å². The van der Waals surface area contributed by atoms with Gasteiger partial charge in [0.25, 0.3) is 5.89 Å². The van der Waals surface area contributed by atoms with E-state index in [1.54, 1.807) is 20.3 Å². The van der Waals surface area contributed by atoms with Crippen LogP contribution in [0.2, 0.25) is 0 Å². The van der Waals surface area contributed by atoms with Gasteiger partial charge in [0.15, 0.2) is 17.3 Å². The van der Waals surface area contributed by atoms with Crippen LogP contribution in [0.4, 0.5) is 0 Å². The van der Waals surface area contributed by atoms with E-state index < -0.39 is 5.54 Å². The average molecular weight is 352 g/mol. The monoisotopic (exact) mass is 351 g/mol. The van der Waals surface area contributed by atoms with Gasteiger partial charge >= 0.3 is 0 Å². The maximum atomic E-state index is 6.33. The van der Waals surface area contributed by atoms with Gasteiger partial charge in [0.05, 0.1) is 19.8 Å². The zero-order chi connectivity index (χ0) is 16.3. The Bertz CT molecular complexity index is 709. The predicted octanol–water partition coefficient (Wildman–Crippen LogP) is 3.41. The van der Waals surface area contributed by atoms with Gasteiger partial charge in [-0.05, 0) is 36.6 Å². The third-order valence-corrected chi connectivity index (χ3v) is 4.21. The van der Waals surface area contributed by atoms with E-state index in [0.29, 0.717) is 23.2 Å². The Morgan fingerprint density at radius 3 is 2.50 bits per heavy atom. The van der Waals surface area contributed by atoms with Gasteiger partial charge < -0.3 is 19.7 Å². The Morgan fingerprint density at radius 2 is 1.83 bits per heavy atom. The van der Waals surface area contributed by atoms with E-state index >= 15 is 0 Å². The molecule has 2 aromatic rings. The summed E-state index contributed by atoms with van der Waals surface area (Å²) in [7, 11) is 3.22. The predicted molar refractivity (Wildman–Crippen MR) is 94.4 cm³/mol. The van der Waals surface area contributed by atoms with Crippen molar-refractivity contribution < 1.29 is 14.0 Å². The first-order chi connectivity index (χ1) is 11.1. The normalized spacial score (nSPS) is 16.1. The van der Waals surface area contributed by atoms with Crippen molar-refractivity contribution in [2.45, 2.75) is 31.2 Å². The second-order valence-electron chi connectivity index (χ2n) is 5.77. The highest BCUT2D eigenvalue weighted by Crippen LogP contribution is 2.34. The molecule has 0 aliphatic heterocycles. The summed E-state index contributed by atoms with van der Waals surface area (Å²) in [6.45, 7) is 0. The SMILES string of the molecule is COc1ccc(/C=C/c2nc(C3(N)CCCC3)no2)cc1OC.Cl. The topological polar surface area (TPSA) is 83.4 Å². The van der Waals surface area contributed by atoms with Crippen molar-refractivity contribution in [2.75, 3.05) is 14.2 Å². The first-order valence-corrected chi connectivity index (χ1v) is 7.68. The number of nitrogens with two attached hydrogens (primary N) is 1. The molecule has 24 heavy (non-hydrogen) atoms. The number of ether oxygens (including phenoxy) is 2. The van der Waals surface area contributed by atoms with Crippen molar-refractivity contribution in [1.29, 1.82) is 0 Å². The molecule has 1 aliphatic carbocycles. The molecule has 1 heterocycles. The number of benzene rings is 1. The standard InChI is InChI=1S/C17H21N3O3.ClH/c1-21-13-7-5-12(11-14(13)22-2)6-8-15-19-16(20-23-15)17(18)9-3-4-10-17;/h5-8,11H,3-4,9-10,18H2,1-2H3;1H/b8-6+;. The van der Waals surface area contributed by atoms with Crippen LogP contribution in [0.15, 0.2) is 22.7 Å². The number of halogens is 1. The lowest BCUT2D eigenvalue weighted by Gasteiger charge is -2.17. The molecule has 0 bridgehead atoms. The molecule has 0 radical (unpaired) electrons. The summed E-state index contributed by atoms with van der Waals surface area (Å²) in [6, 6.07) is 5.66. The first kappa shape index (κ1) is 18.3. The van der Waals surface area contributed by atoms with E-state index in [-0.39, 0.29) is 12.4 Å². The van der Waals surface area contributed by atoms with Crippen molar-refractivity contribution in [3.63, 3.8) is 0 Å². The molecule has 1 aromatic heterocycles. The molecule has 1 saturated carbocycles. The first-order valence-electron chi connectivity index (χ1n) is 7.68. The van der Waals surface area contributed by atoms with Crippen LogP contribution in [0.3, 0.4) is 0 Å². The molecule has 0 spiro atoms. The number of hydrogen-bond donors (Lipinski definition) is 1. The van der Waals surface area contributed by atoms with Crippen LogP contribution >= 0.6 is 12.4 Å². The summed E-state index contributed by atoms with van der Waals surface area (Å²) in [6.07, 6.45) is 7.70. The molecule has 130 valence electrons. The second-order valence-corrected chi connectivity index (χ2v) is 5.77. The molecule has 0 unspecified atom stereocenters. The van der Waals surface area contributed by atoms with Crippen molar-refractivity contribution in [3.8, 4) is 11.5 Å². The maximum absolute atomic E-state index is 6.33. The molecule has 0 amide bonds. The number of aromatic nitrogens is 2. The number of rotatable bonds is 5. The van der Waals surface area contributed by atoms with Gasteiger partial charge in [-0.2, -0.15) is 4.98 Å². The highest BCUT2D eigenvalue weighted by molar-refractivity contribution is 5.85. The molecule has 1 aromatic carbocycles. The Balaban J connectivity index is 0.00000208. The zero-order valence-electron chi connectivity index (χ0n) is 13.8. The fourth-order valence-corrected chi connectivity index (χ4v) is 2.86. The molecule has 7 heteroatoms. The van der Waals surface area contributed by atoms with Crippen LogP contribution in [-0.4, -0.2) is 24.4 Å². The summed E-state index contributed by atoms with van der Waals surface area (Å²) >= 11 is 0. The number of hydrogen-bond acceptors (Lipinski definition) is 6. The third-order valence-electron chi connectivity index (χ3n) is 4.21. The van der Waals surface area contributed by atoms with Crippen LogP contribution in [0.1, 0.15) is 43.0 Å². The van der Waals surface area contributed by atoms with E-state index in [4.69, 9.17) is 19.7 Å². The lowest BCUT2D eigenvalue weighted by atomic mass is 9.99. The fraction of sp³-hybridized carbons (Fsp3) is 0.412. The molecule has 2 N–H and O–H groups in total. The van der Waals surface area contributed by atoms with E-state index in [0.717, 1.165) is 31.2 Å². The van der Waals surface area contributed by atoms with Gasteiger partial charge in [-0.3, -0.25) is 0 Å². The molecule has 1 aliphatic rings. The fourth-order valence-electron chi connectivity index (χ4n) is 2.86. The highest BCUT2D eigenvalue weighted by atomic mass is 35.5. The lowest BCUT2D eigenvalue weighted by molar-refractivity contribution is 0.355. The highest BCUT2D eigenvalue weighted by Gasteiger charge is 2.35. The minimum absolute atomic E-state index is 0. The molecule has 0 saturated heterocycles. The van der Waals surface area contributed by atoms with Gasteiger partial charge in [0, 0.05) is 6.08 Å². The van der Waals surface area contributed by atoms with Crippen molar-refractivity contribution >= 4 is 24.6 Å². The van der Waals surface area contributed by atoms with Gasteiger partial charge in [-0.1, -0.05) is 24.1 Å². The summed E-state index contributed by atoms with van der Waals surface area (Å²) in [5.41, 5.74) is 6.85. The summed E-state index contributed by atoms with van der Waals surface area (Å²) < 4.78 is 15.8. The minimum Gasteiger partial charge on any atom is -0.493 e. The summed E-state index contributed by atoms with van der Waals surface area (Å²) in [5, 5.41) is 4.04. The van der Waals surface area contributed by atoms with E-state index in [1.807, 2.05) is 24.3 Å². The lowest BCUT2D eigenvalue weighted by Crippen LogP contribution is -2.34. The van der Waals surface area contributed by atoms with Gasteiger partial charge in [-0.25, -0.2) is 0 Å². The van der Waals surface area contributed by atoms with Crippen LogP contribution in [0.25, 0.3) is 12.2 Å². The van der Waals surface area contributed by atoms with E-state index in [1.165, 1.54) is 0 Å². The minimum atomic E-state index is -0.432. The molecular formula is C17H22ClN3O3. The Hall–Kier alpha value is -2.05. The van der Waals surface area contributed by atoms with Crippen LogP contribution in [0.5, 0.6) is 11.5 Å². The maximum Gasteiger partial charge on any atom is 0.250 e. The van der Waals surface area contributed by atoms with Gasteiger partial charge in [-0.15, -0.1) is 12.4 Å². The third kappa shape index (κ3) is 3.71. The van der Waals surface area contributed by atoms with Crippen molar-refractivity contribution in [2.24, 2.45) is 5.73 Å². The molecule has 3 rings (SSSR count). The Labute approximate surface area is 147 Å². The largest absolute Gasteiger partial charge is 0.493 e. The molecule has 6 nitrogen and oxygen atoms in total. The molecular weight excluding hydrogens is 330 g/mol. The molecule has 0 atom stereocenters. The van der Waals surface area contributed by atoms with Gasteiger partial charge in [0.1, 0.15) is 0 Å². The Kier molecular flexibility index (Phi) is 5.85. The summed E-state index contributed by atoms with van der Waals surface area (Å²) in [4.78, 5) is 4.41. The van der Waals surface area contributed by atoms with Gasteiger partial charge in [0.2, 0.25) is 0 Å². The van der Waals surface area contributed by atoms with E-state index in [9.17, 15) is 0 Å². The summed E-state index contributed by atoms with van der Waals surface area (Å²) in [5.74, 6) is 2.41. The van der Waals surface area contributed by atoms with Crippen LogP contribution in [0, 0.1) is 0 Å². The van der Waals surface area contributed by atoms with Crippen LogP contribution < -0.4 is 15.2 Å². The average Bonchev–Trinajstić information content (AvgIpc) is 3.22. The number of methoxy groups -OCH3 is 2. The Morgan fingerprint density at radius 1 is 1.12 bits per heavy atom. The zero-order valence-corrected chi connectivity index (χ0v) is 14.6. The van der Waals surface area contributed by atoms with Crippen molar-refractivity contribution in [1.82, 2.24) is 10.1 Å².